The highest BCUT2D eigenvalue weighted by Crippen LogP contribution is 2.23. The molecule has 0 aliphatic carbocycles. The normalized spacial score (nSPS) is 12.4. The summed E-state index contributed by atoms with van der Waals surface area (Å²) in [6.07, 6.45) is 1.12. The first kappa shape index (κ1) is 23.6. The minimum absolute atomic E-state index is 0.319. The van der Waals surface area contributed by atoms with Crippen LogP contribution in [0.5, 0.6) is 0 Å². The van der Waals surface area contributed by atoms with E-state index in [2.05, 4.69) is 5.32 Å². The minimum atomic E-state index is -3.61. The molecular weight excluding hydrogens is 428 g/mol. The third kappa shape index (κ3) is 6.94. The Morgan fingerprint density at radius 2 is 1.79 bits per heavy atom. The van der Waals surface area contributed by atoms with E-state index in [0.717, 1.165) is 34.5 Å². The average Bonchev–Trinajstić information content (AvgIpc) is 2.64. The highest BCUT2D eigenvalue weighted by Gasteiger charge is 2.29. The zero-order chi connectivity index (χ0) is 21.6. The van der Waals surface area contributed by atoms with E-state index in [1.807, 2.05) is 44.2 Å². The molecule has 1 atom stereocenters. The molecule has 0 fully saturated rings. The Balaban J connectivity index is 1.93. The molecule has 1 amide bonds. The number of rotatable bonds is 9. The van der Waals surface area contributed by atoms with Gasteiger partial charge >= 0.3 is 0 Å². The number of carbonyl (C=O) groups is 1. The number of anilines is 1. The van der Waals surface area contributed by atoms with E-state index in [-0.39, 0.29) is 5.91 Å². The summed E-state index contributed by atoms with van der Waals surface area (Å²) < 4.78 is 25.9. The van der Waals surface area contributed by atoms with Gasteiger partial charge in [0, 0.05) is 23.1 Å². The summed E-state index contributed by atoms with van der Waals surface area (Å²) in [5.74, 6) is 1.23. The second-order valence-corrected chi connectivity index (χ2v) is 10.4. The van der Waals surface area contributed by atoms with E-state index in [1.165, 1.54) is 4.31 Å². The summed E-state index contributed by atoms with van der Waals surface area (Å²) in [6, 6.07) is 12.2. The highest BCUT2D eigenvalue weighted by atomic mass is 35.5. The van der Waals surface area contributed by atoms with Gasteiger partial charge in [-0.15, -0.1) is 0 Å². The van der Waals surface area contributed by atoms with Crippen molar-refractivity contribution in [2.75, 3.05) is 22.9 Å². The Morgan fingerprint density at radius 3 is 2.38 bits per heavy atom. The van der Waals surface area contributed by atoms with Crippen molar-refractivity contribution in [1.29, 1.82) is 0 Å². The Hall–Kier alpha value is -1.70. The lowest BCUT2D eigenvalue weighted by atomic mass is 10.1. The number of hydrogen-bond donors (Lipinski definition) is 1. The molecule has 0 aliphatic heterocycles. The summed E-state index contributed by atoms with van der Waals surface area (Å²) in [5.41, 5.74) is 3.70. The van der Waals surface area contributed by atoms with Crippen LogP contribution < -0.4 is 9.62 Å². The van der Waals surface area contributed by atoms with Crippen LogP contribution in [0.25, 0.3) is 0 Å². The number of aryl methyl sites for hydroxylation is 2. The van der Waals surface area contributed by atoms with E-state index < -0.39 is 16.1 Å². The molecule has 0 saturated carbocycles. The topological polar surface area (TPSA) is 66.5 Å². The second-order valence-electron chi connectivity index (χ2n) is 6.97. The fourth-order valence-electron chi connectivity index (χ4n) is 2.84. The quantitative estimate of drug-likeness (QED) is 0.577. The maximum atomic E-state index is 12.6. The van der Waals surface area contributed by atoms with Crippen molar-refractivity contribution in [2.24, 2.45) is 0 Å². The zero-order valence-corrected chi connectivity index (χ0v) is 19.5. The minimum Gasteiger partial charge on any atom is -0.353 e. The number of carbonyl (C=O) groups excluding carboxylic acids is 1. The van der Waals surface area contributed by atoms with Crippen molar-refractivity contribution < 1.29 is 13.2 Å². The summed E-state index contributed by atoms with van der Waals surface area (Å²) in [4.78, 5) is 12.6. The molecule has 0 bridgehead atoms. The predicted molar refractivity (Wildman–Crippen MR) is 123 cm³/mol. The van der Waals surface area contributed by atoms with Gasteiger partial charge in [-0.05, 0) is 61.7 Å². The van der Waals surface area contributed by atoms with Crippen LogP contribution in [0.1, 0.15) is 23.6 Å². The molecule has 2 aromatic rings. The van der Waals surface area contributed by atoms with Gasteiger partial charge in [-0.25, -0.2) is 8.42 Å². The molecule has 0 heterocycles. The molecule has 158 valence electrons. The van der Waals surface area contributed by atoms with Gasteiger partial charge in [-0.1, -0.05) is 29.8 Å². The van der Waals surface area contributed by atoms with Gasteiger partial charge in [0.05, 0.1) is 11.9 Å². The summed E-state index contributed by atoms with van der Waals surface area (Å²) >= 11 is 7.57. The van der Waals surface area contributed by atoms with Crippen LogP contribution in [-0.2, 0) is 20.6 Å². The van der Waals surface area contributed by atoms with Gasteiger partial charge in [0.1, 0.15) is 6.04 Å². The number of amides is 1. The van der Waals surface area contributed by atoms with Crippen LogP contribution in [0.4, 0.5) is 5.69 Å². The maximum Gasteiger partial charge on any atom is 0.243 e. The smallest absolute Gasteiger partial charge is 0.243 e. The van der Waals surface area contributed by atoms with Gasteiger partial charge in [0.15, 0.2) is 0 Å². The molecule has 2 aromatic carbocycles. The van der Waals surface area contributed by atoms with Crippen LogP contribution >= 0.6 is 23.4 Å². The molecule has 0 spiro atoms. The molecular formula is C21H27ClN2O3S2. The molecule has 8 heteroatoms. The van der Waals surface area contributed by atoms with Crippen molar-refractivity contribution in [2.45, 2.75) is 32.6 Å². The van der Waals surface area contributed by atoms with Crippen molar-refractivity contribution in [3.8, 4) is 0 Å². The standard InChI is InChI=1S/C21H27ClN2O3S2/c1-15-5-10-20(13-16(15)2)24(29(4,26)27)17(3)21(25)23-11-12-28-14-18-6-8-19(22)9-7-18/h5-10,13,17H,11-12,14H2,1-4H3,(H,23,25). The number of benzene rings is 2. The summed E-state index contributed by atoms with van der Waals surface area (Å²) in [5, 5.41) is 3.55. The van der Waals surface area contributed by atoms with Gasteiger partial charge < -0.3 is 5.32 Å². The molecule has 2 rings (SSSR count). The largest absolute Gasteiger partial charge is 0.353 e. The fraction of sp³-hybridized carbons (Fsp3) is 0.381. The lowest BCUT2D eigenvalue weighted by Crippen LogP contribution is -2.48. The number of hydrogen-bond acceptors (Lipinski definition) is 4. The number of halogens is 1. The molecule has 1 N–H and O–H groups in total. The van der Waals surface area contributed by atoms with E-state index in [1.54, 1.807) is 30.8 Å². The van der Waals surface area contributed by atoms with E-state index in [9.17, 15) is 13.2 Å². The van der Waals surface area contributed by atoms with Gasteiger partial charge in [0.2, 0.25) is 15.9 Å². The van der Waals surface area contributed by atoms with Crippen molar-refractivity contribution in [3.05, 3.63) is 64.2 Å². The molecule has 0 aromatic heterocycles. The number of nitrogens with zero attached hydrogens (tertiary/aromatic N) is 1. The molecule has 0 saturated heterocycles. The van der Waals surface area contributed by atoms with Crippen LogP contribution in [0.3, 0.4) is 0 Å². The SMILES string of the molecule is Cc1ccc(N(C(C)C(=O)NCCSCc2ccc(Cl)cc2)S(C)(=O)=O)cc1C. The molecule has 0 radical (unpaired) electrons. The predicted octanol–water partition coefficient (Wildman–Crippen LogP) is 4.16. The van der Waals surface area contributed by atoms with Crippen LogP contribution in [0.15, 0.2) is 42.5 Å². The highest BCUT2D eigenvalue weighted by molar-refractivity contribution is 7.98. The zero-order valence-electron chi connectivity index (χ0n) is 17.1. The van der Waals surface area contributed by atoms with Crippen LogP contribution in [0.2, 0.25) is 5.02 Å². The van der Waals surface area contributed by atoms with Gasteiger partial charge in [-0.3, -0.25) is 9.10 Å². The Labute approximate surface area is 182 Å². The lowest BCUT2D eigenvalue weighted by molar-refractivity contribution is -0.121. The third-order valence-electron chi connectivity index (χ3n) is 4.56. The van der Waals surface area contributed by atoms with Gasteiger partial charge in [0.25, 0.3) is 0 Å². The Bertz CT molecular complexity index is 947. The Kier molecular flexibility index (Phi) is 8.43. The van der Waals surface area contributed by atoms with Crippen molar-refractivity contribution >= 4 is 45.0 Å². The molecule has 1 unspecified atom stereocenters. The van der Waals surface area contributed by atoms with E-state index >= 15 is 0 Å². The summed E-state index contributed by atoms with van der Waals surface area (Å²) in [7, 11) is -3.61. The van der Waals surface area contributed by atoms with Crippen molar-refractivity contribution in [1.82, 2.24) is 5.32 Å². The fourth-order valence-corrected chi connectivity index (χ4v) is 4.95. The van der Waals surface area contributed by atoms with Crippen LogP contribution in [-0.4, -0.2) is 38.9 Å². The molecule has 0 aliphatic rings. The first-order chi connectivity index (χ1) is 13.6. The Morgan fingerprint density at radius 1 is 1.14 bits per heavy atom. The number of thioether (sulfide) groups is 1. The lowest BCUT2D eigenvalue weighted by Gasteiger charge is -2.28. The first-order valence-electron chi connectivity index (χ1n) is 9.26. The van der Waals surface area contributed by atoms with E-state index in [4.69, 9.17) is 11.6 Å². The number of sulfonamides is 1. The maximum absolute atomic E-state index is 12.6. The third-order valence-corrected chi connectivity index (χ3v) is 7.08. The molecule has 5 nitrogen and oxygen atoms in total. The monoisotopic (exact) mass is 454 g/mol. The average molecular weight is 455 g/mol. The van der Waals surface area contributed by atoms with E-state index in [0.29, 0.717) is 17.3 Å². The van der Waals surface area contributed by atoms with Crippen molar-refractivity contribution in [3.63, 3.8) is 0 Å². The second kappa shape index (κ2) is 10.4. The summed E-state index contributed by atoms with van der Waals surface area (Å²) in [6.45, 7) is 5.95. The first-order valence-corrected chi connectivity index (χ1v) is 12.6. The number of nitrogens with one attached hydrogen (secondary N) is 1. The van der Waals surface area contributed by atoms with Crippen LogP contribution in [0, 0.1) is 13.8 Å². The van der Waals surface area contributed by atoms with Gasteiger partial charge in [-0.2, -0.15) is 11.8 Å². The molecule has 29 heavy (non-hydrogen) atoms.